The Kier molecular flexibility index (Phi) is 5.40. The van der Waals surface area contributed by atoms with Crippen molar-refractivity contribution < 1.29 is 18.3 Å². The molecule has 0 aliphatic heterocycles. The van der Waals surface area contributed by atoms with Gasteiger partial charge in [-0.25, -0.2) is 0 Å². The number of rotatable bonds is 5. The van der Waals surface area contributed by atoms with E-state index < -0.39 is 18.8 Å². The van der Waals surface area contributed by atoms with Crippen LogP contribution in [0.2, 0.25) is 0 Å². The number of hydrogen-bond donors (Lipinski definition) is 1. The lowest BCUT2D eigenvalue weighted by molar-refractivity contribution is -0.119. The lowest BCUT2D eigenvalue weighted by Gasteiger charge is -2.28. The number of alkyl halides is 3. The van der Waals surface area contributed by atoms with E-state index in [0.717, 1.165) is 4.90 Å². The molecule has 0 fully saturated rings. The second-order valence-electron chi connectivity index (χ2n) is 4.60. The number of nitrogens with zero attached hydrogens (tertiary/aromatic N) is 2. The van der Waals surface area contributed by atoms with Crippen LogP contribution < -0.4 is 4.90 Å². The molecule has 0 radical (unpaired) electrons. The van der Waals surface area contributed by atoms with Gasteiger partial charge in [-0.05, 0) is 25.5 Å². The number of aliphatic hydroxyl groups is 1. The third kappa shape index (κ3) is 4.42. The van der Waals surface area contributed by atoms with Gasteiger partial charge in [-0.2, -0.15) is 18.4 Å². The minimum Gasteiger partial charge on any atom is -0.389 e. The summed E-state index contributed by atoms with van der Waals surface area (Å²) >= 11 is 0. The number of anilines is 1. The van der Waals surface area contributed by atoms with Gasteiger partial charge in [-0.1, -0.05) is 13.0 Å². The molecule has 1 rings (SSSR count). The predicted molar refractivity (Wildman–Crippen MR) is 70.3 cm³/mol. The minimum atomic E-state index is -4.34. The molecule has 3 nitrogen and oxygen atoms in total. The van der Waals surface area contributed by atoms with Crippen LogP contribution in [0, 0.1) is 11.3 Å². The van der Waals surface area contributed by atoms with Crippen molar-refractivity contribution in [1.82, 2.24) is 0 Å². The molecule has 0 spiro atoms. The maximum atomic E-state index is 12.7. The second-order valence-corrected chi connectivity index (χ2v) is 4.60. The molecule has 1 aromatic rings. The summed E-state index contributed by atoms with van der Waals surface area (Å²) in [6.07, 6.45) is -4.70. The normalized spacial score (nSPS) is 12.8. The number of halogens is 3. The largest absolute Gasteiger partial charge is 0.405 e. The molecule has 0 aromatic heterocycles. The zero-order chi connectivity index (χ0) is 15.3. The SMILES string of the molecule is CCCN(CC(F)(F)F)c1cc(C#N)ccc1C(C)O. The van der Waals surface area contributed by atoms with Crippen LogP contribution in [0.4, 0.5) is 18.9 Å². The molecule has 0 aliphatic carbocycles. The van der Waals surface area contributed by atoms with Crippen molar-refractivity contribution in [2.45, 2.75) is 32.5 Å². The molecule has 1 unspecified atom stereocenters. The lowest BCUT2D eigenvalue weighted by atomic mass is 10.0. The first-order valence-corrected chi connectivity index (χ1v) is 6.32. The summed E-state index contributed by atoms with van der Waals surface area (Å²) < 4.78 is 38.0. The summed E-state index contributed by atoms with van der Waals surface area (Å²) in [5.74, 6) is 0. The van der Waals surface area contributed by atoms with Gasteiger partial charge in [0, 0.05) is 17.8 Å². The molecule has 0 aliphatic rings. The van der Waals surface area contributed by atoms with E-state index in [9.17, 15) is 18.3 Å². The van der Waals surface area contributed by atoms with Crippen LogP contribution >= 0.6 is 0 Å². The second kappa shape index (κ2) is 6.62. The molecule has 0 bridgehead atoms. The highest BCUT2D eigenvalue weighted by Crippen LogP contribution is 2.30. The number of benzene rings is 1. The molecule has 0 amide bonds. The lowest BCUT2D eigenvalue weighted by Crippen LogP contribution is -2.35. The van der Waals surface area contributed by atoms with Crippen molar-refractivity contribution in [2.75, 3.05) is 18.0 Å². The van der Waals surface area contributed by atoms with E-state index in [-0.39, 0.29) is 17.8 Å². The first kappa shape index (κ1) is 16.3. The average Bonchev–Trinajstić information content (AvgIpc) is 2.35. The van der Waals surface area contributed by atoms with Crippen molar-refractivity contribution >= 4 is 5.69 Å². The van der Waals surface area contributed by atoms with E-state index in [2.05, 4.69) is 0 Å². The van der Waals surface area contributed by atoms with Crippen molar-refractivity contribution in [2.24, 2.45) is 0 Å². The Hall–Kier alpha value is -1.74. The zero-order valence-corrected chi connectivity index (χ0v) is 11.4. The van der Waals surface area contributed by atoms with E-state index in [1.807, 2.05) is 6.07 Å². The summed E-state index contributed by atoms with van der Waals surface area (Å²) in [4.78, 5) is 1.16. The first-order valence-electron chi connectivity index (χ1n) is 6.32. The summed E-state index contributed by atoms with van der Waals surface area (Å²) in [5, 5.41) is 18.6. The number of hydrogen-bond acceptors (Lipinski definition) is 3. The Bertz CT molecular complexity index is 492. The fourth-order valence-electron chi connectivity index (χ4n) is 2.01. The van der Waals surface area contributed by atoms with E-state index in [1.54, 1.807) is 6.92 Å². The molecule has 0 heterocycles. The summed E-state index contributed by atoms with van der Waals surface area (Å²) in [6, 6.07) is 6.28. The molecule has 1 aromatic carbocycles. The molecular formula is C14H17F3N2O. The van der Waals surface area contributed by atoms with Crippen LogP contribution in [0.25, 0.3) is 0 Å². The van der Waals surface area contributed by atoms with Gasteiger partial charge in [-0.15, -0.1) is 0 Å². The van der Waals surface area contributed by atoms with Gasteiger partial charge in [0.05, 0.1) is 17.7 Å². The van der Waals surface area contributed by atoms with Gasteiger partial charge in [0.15, 0.2) is 0 Å². The highest BCUT2D eigenvalue weighted by molar-refractivity contribution is 5.58. The van der Waals surface area contributed by atoms with Crippen LogP contribution in [-0.2, 0) is 0 Å². The zero-order valence-electron chi connectivity index (χ0n) is 11.4. The van der Waals surface area contributed by atoms with Crippen molar-refractivity contribution in [3.05, 3.63) is 29.3 Å². The Morgan fingerprint density at radius 3 is 2.50 bits per heavy atom. The monoisotopic (exact) mass is 286 g/mol. The summed E-state index contributed by atoms with van der Waals surface area (Å²) in [6.45, 7) is 2.37. The Morgan fingerprint density at radius 1 is 1.40 bits per heavy atom. The molecule has 1 N–H and O–H groups in total. The highest BCUT2D eigenvalue weighted by Gasteiger charge is 2.31. The topological polar surface area (TPSA) is 47.3 Å². The van der Waals surface area contributed by atoms with Crippen molar-refractivity contribution in [3.63, 3.8) is 0 Å². The third-order valence-electron chi connectivity index (χ3n) is 2.81. The average molecular weight is 286 g/mol. The molecule has 0 saturated heterocycles. The molecule has 0 saturated carbocycles. The molecule has 110 valence electrons. The molecular weight excluding hydrogens is 269 g/mol. The Labute approximate surface area is 116 Å². The van der Waals surface area contributed by atoms with E-state index in [4.69, 9.17) is 5.26 Å². The van der Waals surface area contributed by atoms with Crippen molar-refractivity contribution in [1.29, 1.82) is 5.26 Å². The maximum Gasteiger partial charge on any atom is 0.405 e. The fourth-order valence-corrected chi connectivity index (χ4v) is 2.01. The highest BCUT2D eigenvalue weighted by atomic mass is 19.4. The minimum absolute atomic E-state index is 0.202. The van der Waals surface area contributed by atoms with E-state index in [0.29, 0.717) is 12.0 Å². The summed E-state index contributed by atoms with van der Waals surface area (Å²) in [7, 11) is 0. The Balaban J connectivity index is 3.26. The quantitative estimate of drug-likeness (QED) is 0.902. The van der Waals surface area contributed by atoms with Crippen LogP contribution in [0.5, 0.6) is 0 Å². The van der Waals surface area contributed by atoms with Crippen molar-refractivity contribution in [3.8, 4) is 6.07 Å². The molecule has 1 atom stereocenters. The van der Waals surface area contributed by atoms with Gasteiger partial charge in [0.25, 0.3) is 0 Å². The summed E-state index contributed by atoms with van der Waals surface area (Å²) in [5.41, 5.74) is 0.924. The van der Waals surface area contributed by atoms with Crippen LogP contribution in [0.1, 0.15) is 37.5 Å². The van der Waals surface area contributed by atoms with Crippen LogP contribution in [0.3, 0.4) is 0 Å². The van der Waals surface area contributed by atoms with Gasteiger partial charge in [0.2, 0.25) is 0 Å². The van der Waals surface area contributed by atoms with E-state index >= 15 is 0 Å². The predicted octanol–water partition coefficient (Wildman–Crippen LogP) is 3.39. The molecule has 20 heavy (non-hydrogen) atoms. The van der Waals surface area contributed by atoms with Gasteiger partial charge >= 0.3 is 6.18 Å². The first-order chi connectivity index (χ1) is 9.28. The third-order valence-corrected chi connectivity index (χ3v) is 2.81. The number of nitriles is 1. The maximum absolute atomic E-state index is 12.7. The standard InChI is InChI=1S/C14H17F3N2O/c1-3-6-19(9-14(15,16)17)13-7-11(8-18)4-5-12(13)10(2)20/h4-5,7,10,20H,3,6,9H2,1-2H3. The number of aliphatic hydroxyl groups excluding tert-OH is 1. The van der Waals surface area contributed by atoms with Crippen LogP contribution in [-0.4, -0.2) is 24.4 Å². The van der Waals surface area contributed by atoms with E-state index in [1.165, 1.54) is 25.1 Å². The van der Waals surface area contributed by atoms with Gasteiger partial charge in [0.1, 0.15) is 6.54 Å². The van der Waals surface area contributed by atoms with Gasteiger partial charge < -0.3 is 10.0 Å². The Morgan fingerprint density at radius 2 is 2.05 bits per heavy atom. The fraction of sp³-hybridized carbons (Fsp3) is 0.500. The smallest absolute Gasteiger partial charge is 0.389 e. The van der Waals surface area contributed by atoms with Crippen LogP contribution in [0.15, 0.2) is 18.2 Å². The van der Waals surface area contributed by atoms with Gasteiger partial charge in [-0.3, -0.25) is 0 Å². The molecule has 6 heteroatoms.